The second-order valence-corrected chi connectivity index (χ2v) is 4.64. The summed E-state index contributed by atoms with van der Waals surface area (Å²) in [5, 5.41) is 6.99. The number of nitrogens with zero attached hydrogens (tertiary/aromatic N) is 3. The van der Waals surface area contributed by atoms with Crippen molar-refractivity contribution in [2.45, 2.75) is 13.0 Å². The number of carbonyl (C=O) groups excluding carboxylic acids is 1. The van der Waals surface area contributed by atoms with Crippen molar-refractivity contribution < 1.29 is 9.21 Å². The van der Waals surface area contributed by atoms with Gasteiger partial charge in [-0.25, -0.2) is 9.67 Å². The number of amides is 1. The molecule has 0 saturated carbocycles. The Hall–Kier alpha value is -2.89. The fourth-order valence-corrected chi connectivity index (χ4v) is 2.01. The summed E-state index contributed by atoms with van der Waals surface area (Å²) in [6.07, 6.45) is 6.03. The van der Waals surface area contributed by atoms with Gasteiger partial charge < -0.3 is 9.73 Å². The number of hydrogen-bond donors (Lipinski definition) is 1. The first kappa shape index (κ1) is 13.1. The summed E-state index contributed by atoms with van der Waals surface area (Å²) in [6, 6.07) is 9.32. The van der Waals surface area contributed by atoms with Gasteiger partial charge in [-0.3, -0.25) is 4.79 Å². The summed E-state index contributed by atoms with van der Waals surface area (Å²) < 4.78 is 6.58. The highest BCUT2D eigenvalue weighted by molar-refractivity contribution is 5.94. The molecule has 2 heterocycles. The molecule has 3 aromatic rings. The zero-order valence-electron chi connectivity index (χ0n) is 11.4. The SMILES string of the molecule is C[C@H](NC(=O)c1ccoc1)c1ccc(-n2cncn2)cc1. The van der Waals surface area contributed by atoms with Gasteiger partial charge in [0.2, 0.25) is 0 Å². The molecule has 0 spiro atoms. The van der Waals surface area contributed by atoms with E-state index in [2.05, 4.69) is 15.4 Å². The Bertz CT molecular complexity index is 703. The molecule has 1 atom stereocenters. The summed E-state index contributed by atoms with van der Waals surface area (Å²) in [6.45, 7) is 1.93. The van der Waals surface area contributed by atoms with Gasteiger partial charge in [-0.2, -0.15) is 5.10 Å². The van der Waals surface area contributed by atoms with Gasteiger partial charge in [0.1, 0.15) is 18.9 Å². The number of aromatic nitrogens is 3. The molecule has 2 aromatic heterocycles. The van der Waals surface area contributed by atoms with Gasteiger partial charge in [0, 0.05) is 0 Å². The zero-order chi connectivity index (χ0) is 14.7. The number of carbonyl (C=O) groups is 1. The maximum Gasteiger partial charge on any atom is 0.255 e. The molecule has 0 bridgehead atoms. The third kappa shape index (κ3) is 2.84. The summed E-state index contributed by atoms with van der Waals surface area (Å²) in [5.41, 5.74) is 2.45. The van der Waals surface area contributed by atoms with E-state index < -0.39 is 0 Å². The van der Waals surface area contributed by atoms with Crippen LogP contribution in [0.3, 0.4) is 0 Å². The van der Waals surface area contributed by atoms with Crippen LogP contribution in [-0.4, -0.2) is 20.7 Å². The van der Waals surface area contributed by atoms with Gasteiger partial charge in [0.05, 0.1) is 23.6 Å². The standard InChI is InChI=1S/C15H14N4O2/c1-11(18-15(20)13-6-7-21-8-13)12-2-4-14(5-3-12)19-10-16-9-17-19/h2-11H,1H3,(H,18,20)/t11-/m0/s1. The molecule has 6 heteroatoms. The van der Waals surface area contributed by atoms with Crippen LogP contribution in [0.5, 0.6) is 0 Å². The van der Waals surface area contributed by atoms with Crippen LogP contribution < -0.4 is 5.32 Å². The number of hydrogen-bond acceptors (Lipinski definition) is 4. The molecule has 0 aliphatic rings. The summed E-state index contributed by atoms with van der Waals surface area (Å²) >= 11 is 0. The minimum absolute atomic E-state index is 0.0998. The molecule has 1 amide bonds. The van der Waals surface area contributed by atoms with Crippen LogP contribution >= 0.6 is 0 Å². The van der Waals surface area contributed by atoms with E-state index in [4.69, 9.17) is 4.42 Å². The van der Waals surface area contributed by atoms with Crippen LogP contribution in [0.25, 0.3) is 5.69 Å². The van der Waals surface area contributed by atoms with Gasteiger partial charge in [-0.15, -0.1) is 0 Å². The van der Waals surface area contributed by atoms with E-state index in [0.717, 1.165) is 11.3 Å². The first-order valence-corrected chi connectivity index (χ1v) is 6.52. The molecular weight excluding hydrogens is 268 g/mol. The van der Waals surface area contributed by atoms with Crippen molar-refractivity contribution in [3.05, 3.63) is 66.6 Å². The van der Waals surface area contributed by atoms with Crippen molar-refractivity contribution in [2.24, 2.45) is 0 Å². The number of rotatable bonds is 4. The third-order valence-corrected chi connectivity index (χ3v) is 3.21. The molecule has 0 aliphatic heterocycles. The summed E-state index contributed by atoms with van der Waals surface area (Å²) in [4.78, 5) is 15.9. The van der Waals surface area contributed by atoms with E-state index in [1.807, 2.05) is 31.2 Å². The van der Waals surface area contributed by atoms with Crippen LogP contribution in [0, 0.1) is 0 Å². The first-order valence-electron chi connectivity index (χ1n) is 6.52. The maximum atomic E-state index is 11.9. The molecule has 3 rings (SSSR count). The van der Waals surface area contributed by atoms with E-state index in [9.17, 15) is 4.79 Å². The molecule has 0 saturated heterocycles. The van der Waals surface area contributed by atoms with E-state index in [1.165, 1.54) is 18.9 Å². The lowest BCUT2D eigenvalue weighted by molar-refractivity contribution is 0.0939. The van der Waals surface area contributed by atoms with Crippen molar-refractivity contribution in [3.63, 3.8) is 0 Å². The Labute approximate surface area is 121 Å². The van der Waals surface area contributed by atoms with Gasteiger partial charge in [-0.1, -0.05) is 12.1 Å². The largest absolute Gasteiger partial charge is 0.472 e. The van der Waals surface area contributed by atoms with E-state index >= 15 is 0 Å². The lowest BCUT2D eigenvalue weighted by atomic mass is 10.1. The molecule has 6 nitrogen and oxygen atoms in total. The van der Waals surface area contributed by atoms with Gasteiger partial charge in [-0.05, 0) is 30.7 Å². The Kier molecular flexibility index (Phi) is 3.51. The predicted octanol–water partition coefficient (Wildman–Crippen LogP) is 2.35. The van der Waals surface area contributed by atoms with Gasteiger partial charge in [0.25, 0.3) is 5.91 Å². The highest BCUT2D eigenvalue weighted by Crippen LogP contribution is 2.16. The monoisotopic (exact) mass is 282 g/mol. The van der Waals surface area contributed by atoms with Gasteiger partial charge in [0.15, 0.2) is 0 Å². The average Bonchev–Trinajstić information content (AvgIpc) is 3.20. The number of furan rings is 1. The molecule has 0 aliphatic carbocycles. The Morgan fingerprint density at radius 2 is 2.10 bits per heavy atom. The highest BCUT2D eigenvalue weighted by Gasteiger charge is 2.12. The number of nitrogens with one attached hydrogen (secondary N) is 1. The second-order valence-electron chi connectivity index (χ2n) is 4.64. The minimum atomic E-state index is -0.156. The van der Waals surface area contributed by atoms with Crippen molar-refractivity contribution >= 4 is 5.91 Å². The highest BCUT2D eigenvalue weighted by atomic mass is 16.3. The van der Waals surface area contributed by atoms with Crippen molar-refractivity contribution in [3.8, 4) is 5.69 Å². The number of benzene rings is 1. The van der Waals surface area contributed by atoms with E-state index in [1.54, 1.807) is 17.1 Å². The normalized spacial score (nSPS) is 12.0. The Morgan fingerprint density at radius 1 is 1.29 bits per heavy atom. The average molecular weight is 282 g/mol. The fourth-order valence-electron chi connectivity index (χ4n) is 2.01. The smallest absolute Gasteiger partial charge is 0.255 e. The molecule has 1 aromatic carbocycles. The lowest BCUT2D eigenvalue weighted by Gasteiger charge is -2.14. The van der Waals surface area contributed by atoms with Crippen LogP contribution in [0.4, 0.5) is 0 Å². The maximum absolute atomic E-state index is 11.9. The topological polar surface area (TPSA) is 73.0 Å². The molecule has 1 N–H and O–H groups in total. The Morgan fingerprint density at radius 3 is 2.71 bits per heavy atom. The quantitative estimate of drug-likeness (QED) is 0.797. The summed E-state index contributed by atoms with van der Waals surface area (Å²) in [7, 11) is 0. The van der Waals surface area contributed by atoms with Crippen molar-refractivity contribution in [1.29, 1.82) is 0 Å². The Balaban J connectivity index is 1.70. The first-order chi connectivity index (χ1) is 10.2. The zero-order valence-corrected chi connectivity index (χ0v) is 11.4. The molecule has 0 radical (unpaired) electrons. The van der Waals surface area contributed by atoms with E-state index in [0.29, 0.717) is 5.56 Å². The van der Waals surface area contributed by atoms with Gasteiger partial charge >= 0.3 is 0 Å². The fraction of sp³-hybridized carbons (Fsp3) is 0.133. The van der Waals surface area contributed by atoms with Crippen LogP contribution in [0.15, 0.2) is 59.9 Å². The predicted molar refractivity (Wildman–Crippen MR) is 75.9 cm³/mol. The van der Waals surface area contributed by atoms with Crippen LogP contribution in [-0.2, 0) is 0 Å². The molecular formula is C15H14N4O2. The minimum Gasteiger partial charge on any atom is -0.472 e. The summed E-state index contributed by atoms with van der Waals surface area (Å²) in [5.74, 6) is -0.156. The molecule has 0 fully saturated rings. The van der Waals surface area contributed by atoms with Crippen LogP contribution in [0.2, 0.25) is 0 Å². The van der Waals surface area contributed by atoms with E-state index in [-0.39, 0.29) is 11.9 Å². The second kappa shape index (κ2) is 5.62. The molecule has 106 valence electrons. The van der Waals surface area contributed by atoms with Crippen molar-refractivity contribution in [2.75, 3.05) is 0 Å². The molecule has 21 heavy (non-hydrogen) atoms. The lowest BCUT2D eigenvalue weighted by Crippen LogP contribution is -2.26. The molecule has 0 unspecified atom stereocenters. The van der Waals surface area contributed by atoms with Crippen molar-refractivity contribution in [1.82, 2.24) is 20.1 Å². The third-order valence-electron chi connectivity index (χ3n) is 3.21. The van der Waals surface area contributed by atoms with Crippen LogP contribution in [0.1, 0.15) is 28.9 Å².